The van der Waals surface area contributed by atoms with E-state index in [1.54, 1.807) is 0 Å². The molecule has 1 N–H and O–H groups in total. The van der Waals surface area contributed by atoms with Gasteiger partial charge in [-0.15, -0.1) is 0 Å². The number of carbonyl (C=O) groups is 3. The maximum atomic E-state index is 11.5. The van der Waals surface area contributed by atoms with Gasteiger partial charge in [-0.1, -0.05) is 13.3 Å². The predicted octanol–water partition coefficient (Wildman–Crippen LogP) is 0.848. The van der Waals surface area contributed by atoms with Gasteiger partial charge in [-0.3, -0.25) is 19.3 Å². The van der Waals surface area contributed by atoms with Gasteiger partial charge >= 0.3 is 0 Å². The van der Waals surface area contributed by atoms with Gasteiger partial charge in [0.05, 0.1) is 0 Å². The van der Waals surface area contributed by atoms with Crippen molar-refractivity contribution in [3.8, 4) is 0 Å². The lowest BCUT2D eigenvalue weighted by atomic mass is 10.3. The van der Waals surface area contributed by atoms with Gasteiger partial charge < -0.3 is 10.1 Å². The van der Waals surface area contributed by atoms with Crippen LogP contribution in [0.15, 0.2) is 0 Å². The molecule has 0 unspecified atom stereocenters. The molecule has 6 nitrogen and oxygen atoms in total. The molecular weight excluding hydrogens is 260 g/mol. The maximum Gasteiger partial charge on any atom is 0.229 e. The molecule has 0 spiro atoms. The standard InChI is InChI=1S/C14H24N2O4/c1-2-3-10-20-11-4-8-15-12(17)7-9-16-13(18)5-6-14(16)19/h2-11H2,1H3,(H,15,17). The van der Waals surface area contributed by atoms with Crippen LogP contribution in [-0.2, 0) is 19.1 Å². The first kappa shape index (κ1) is 16.6. The summed E-state index contributed by atoms with van der Waals surface area (Å²) in [6.07, 6.45) is 3.67. The Morgan fingerprint density at radius 1 is 1.20 bits per heavy atom. The third-order valence-electron chi connectivity index (χ3n) is 3.15. The summed E-state index contributed by atoms with van der Waals surface area (Å²) >= 11 is 0. The summed E-state index contributed by atoms with van der Waals surface area (Å²) in [6, 6.07) is 0. The van der Waals surface area contributed by atoms with Crippen LogP contribution in [0.5, 0.6) is 0 Å². The third kappa shape index (κ3) is 6.14. The summed E-state index contributed by atoms with van der Waals surface area (Å²) in [5.74, 6) is -0.481. The van der Waals surface area contributed by atoms with Crippen molar-refractivity contribution in [3.05, 3.63) is 0 Å². The highest BCUT2D eigenvalue weighted by Crippen LogP contribution is 2.11. The van der Waals surface area contributed by atoms with E-state index in [0.29, 0.717) is 13.2 Å². The zero-order chi connectivity index (χ0) is 14.8. The molecule has 1 fully saturated rings. The van der Waals surface area contributed by atoms with Crippen LogP contribution in [0, 0.1) is 0 Å². The van der Waals surface area contributed by atoms with E-state index in [1.807, 2.05) is 0 Å². The second-order valence-corrected chi connectivity index (χ2v) is 4.86. The minimum Gasteiger partial charge on any atom is -0.381 e. The first-order valence-electron chi connectivity index (χ1n) is 7.32. The van der Waals surface area contributed by atoms with Crippen molar-refractivity contribution in [3.63, 3.8) is 0 Å². The second kappa shape index (κ2) is 9.47. The van der Waals surface area contributed by atoms with Crippen LogP contribution < -0.4 is 5.32 Å². The zero-order valence-electron chi connectivity index (χ0n) is 12.2. The molecule has 1 aliphatic rings. The Hall–Kier alpha value is -1.43. The monoisotopic (exact) mass is 284 g/mol. The lowest BCUT2D eigenvalue weighted by molar-refractivity contribution is -0.138. The van der Waals surface area contributed by atoms with Gasteiger partial charge in [0, 0.05) is 45.6 Å². The summed E-state index contributed by atoms with van der Waals surface area (Å²) in [6.45, 7) is 4.27. The van der Waals surface area contributed by atoms with E-state index in [0.717, 1.165) is 25.9 Å². The Kier molecular flexibility index (Phi) is 7.87. The zero-order valence-corrected chi connectivity index (χ0v) is 12.2. The average molecular weight is 284 g/mol. The molecule has 114 valence electrons. The van der Waals surface area contributed by atoms with Gasteiger partial charge in [0.2, 0.25) is 17.7 Å². The highest BCUT2D eigenvalue weighted by Gasteiger charge is 2.28. The number of amides is 3. The van der Waals surface area contributed by atoms with E-state index in [9.17, 15) is 14.4 Å². The molecule has 1 saturated heterocycles. The van der Waals surface area contributed by atoms with Gasteiger partial charge in [0.25, 0.3) is 0 Å². The third-order valence-corrected chi connectivity index (χ3v) is 3.15. The molecule has 3 amide bonds. The van der Waals surface area contributed by atoms with Crippen molar-refractivity contribution in [2.24, 2.45) is 0 Å². The fourth-order valence-corrected chi connectivity index (χ4v) is 1.92. The van der Waals surface area contributed by atoms with Gasteiger partial charge in [-0.05, 0) is 12.8 Å². The molecule has 20 heavy (non-hydrogen) atoms. The van der Waals surface area contributed by atoms with Gasteiger partial charge in [0.1, 0.15) is 0 Å². The molecule has 0 bridgehead atoms. The van der Waals surface area contributed by atoms with Crippen molar-refractivity contribution in [1.82, 2.24) is 10.2 Å². The number of nitrogens with one attached hydrogen (secondary N) is 1. The van der Waals surface area contributed by atoms with Crippen molar-refractivity contribution in [2.45, 2.75) is 45.4 Å². The summed E-state index contributed by atoms with van der Waals surface area (Å²) in [7, 11) is 0. The van der Waals surface area contributed by atoms with Crippen LogP contribution >= 0.6 is 0 Å². The van der Waals surface area contributed by atoms with E-state index in [4.69, 9.17) is 4.74 Å². The molecule has 1 heterocycles. The Morgan fingerprint density at radius 3 is 2.50 bits per heavy atom. The van der Waals surface area contributed by atoms with Crippen molar-refractivity contribution < 1.29 is 19.1 Å². The fraction of sp³-hybridized carbons (Fsp3) is 0.786. The van der Waals surface area contributed by atoms with Crippen LogP contribution in [0.1, 0.15) is 45.4 Å². The maximum absolute atomic E-state index is 11.5. The van der Waals surface area contributed by atoms with Crippen LogP contribution in [0.25, 0.3) is 0 Å². The van der Waals surface area contributed by atoms with E-state index >= 15 is 0 Å². The molecule has 0 aliphatic carbocycles. The fourth-order valence-electron chi connectivity index (χ4n) is 1.92. The molecule has 1 aliphatic heterocycles. The molecule has 0 saturated carbocycles. The minimum atomic E-state index is -0.174. The van der Waals surface area contributed by atoms with E-state index in [-0.39, 0.29) is 43.5 Å². The van der Waals surface area contributed by atoms with Gasteiger partial charge in [-0.2, -0.15) is 0 Å². The number of unbranched alkanes of at least 4 members (excludes halogenated alkanes) is 1. The quantitative estimate of drug-likeness (QED) is 0.476. The Morgan fingerprint density at radius 2 is 1.85 bits per heavy atom. The van der Waals surface area contributed by atoms with Crippen LogP contribution in [0.3, 0.4) is 0 Å². The first-order chi connectivity index (χ1) is 9.65. The molecule has 0 atom stereocenters. The van der Waals surface area contributed by atoms with Gasteiger partial charge in [0.15, 0.2) is 0 Å². The summed E-state index contributed by atoms with van der Waals surface area (Å²) in [5.41, 5.74) is 0. The Labute approximate surface area is 119 Å². The number of hydrogen-bond donors (Lipinski definition) is 1. The minimum absolute atomic E-state index is 0.133. The lowest BCUT2D eigenvalue weighted by Crippen LogP contribution is -2.34. The largest absolute Gasteiger partial charge is 0.381 e. The van der Waals surface area contributed by atoms with Crippen molar-refractivity contribution in [1.29, 1.82) is 0 Å². The molecule has 0 aromatic rings. The molecule has 6 heteroatoms. The van der Waals surface area contributed by atoms with E-state index < -0.39 is 0 Å². The highest BCUT2D eigenvalue weighted by atomic mass is 16.5. The number of ether oxygens (including phenoxy) is 1. The highest BCUT2D eigenvalue weighted by molar-refractivity contribution is 6.02. The molecule has 0 aromatic heterocycles. The van der Waals surface area contributed by atoms with Crippen molar-refractivity contribution in [2.75, 3.05) is 26.3 Å². The number of rotatable bonds is 10. The predicted molar refractivity (Wildman–Crippen MR) is 73.9 cm³/mol. The number of imide groups is 1. The van der Waals surface area contributed by atoms with Crippen LogP contribution in [-0.4, -0.2) is 48.9 Å². The Balaban J connectivity index is 2.00. The summed E-state index contributed by atoms with van der Waals surface area (Å²) < 4.78 is 5.38. The first-order valence-corrected chi connectivity index (χ1v) is 7.32. The summed E-state index contributed by atoms with van der Waals surface area (Å²) in [4.78, 5) is 35.4. The van der Waals surface area contributed by atoms with Crippen molar-refractivity contribution >= 4 is 17.7 Å². The lowest BCUT2D eigenvalue weighted by Gasteiger charge is -2.13. The van der Waals surface area contributed by atoms with E-state index in [2.05, 4.69) is 12.2 Å². The smallest absolute Gasteiger partial charge is 0.229 e. The number of carbonyl (C=O) groups excluding carboxylic acids is 3. The average Bonchev–Trinajstić information content (AvgIpc) is 2.75. The topological polar surface area (TPSA) is 75.7 Å². The normalized spacial score (nSPS) is 14.9. The van der Waals surface area contributed by atoms with E-state index in [1.165, 1.54) is 4.90 Å². The van der Waals surface area contributed by atoms with Gasteiger partial charge in [-0.25, -0.2) is 0 Å². The SMILES string of the molecule is CCCCOCCCNC(=O)CCN1C(=O)CCC1=O. The van der Waals surface area contributed by atoms with Crippen LogP contribution in [0.4, 0.5) is 0 Å². The molecular formula is C14H24N2O4. The number of likely N-dealkylation sites (tertiary alicyclic amines) is 1. The molecule has 0 aromatic carbocycles. The second-order valence-electron chi connectivity index (χ2n) is 4.86. The number of nitrogens with zero attached hydrogens (tertiary/aromatic N) is 1. The Bertz CT molecular complexity index is 328. The molecule has 0 radical (unpaired) electrons. The summed E-state index contributed by atoms with van der Waals surface area (Å²) in [5, 5.41) is 2.76. The molecule has 1 rings (SSSR count). The van der Waals surface area contributed by atoms with Crippen LogP contribution in [0.2, 0.25) is 0 Å². The number of hydrogen-bond acceptors (Lipinski definition) is 4.